The van der Waals surface area contributed by atoms with Gasteiger partial charge in [0.2, 0.25) is 0 Å². The highest BCUT2D eigenvalue weighted by Gasteiger charge is 2.10. The van der Waals surface area contributed by atoms with E-state index in [2.05, 4.69) is 20.4 Å². The molecule has 0 amide bonds. The van der Waals surface area contributed by atoms with E-state index >= 15 is 0 Å². The molecule has 1 N–H and O–H groups in total. The number of hydrogen-bond donors (Lipinski definition) is 1. The second kappa shape index (κ2) is 4.28. The summed E-state index contributed by atoms with van der Waals surface area (Å²) < 4.78 is 2.89. The van der Waals surface area contributed by atoms with Gasteiger partial charge in [0.05, 0.1) is 0 Å². The van der Waals surface area contributed by atoms with Crippen molar-refractivity contribution in [3.8, 4) is 0 Å². The maximum absolute atomic E-state index is 11.7. The van der Waals surface area contributed by atoms with Crippen molar-refractivity contribution < 1.29 is 0 Å². The molecule has 1 aromatic carbocycles. The molecule has 0 bridgehead atoms. The Balaban J connectivity index is 2.02. The van der Waals surface area contributed by atoms with Gasteiger partial charge in [-0.05, 0) is 5.56 Å². The van der Waals surface area contributed by atoms with E-state index in [1.54, 1.807) is 0 Å². The van der Waals surface area contributed by atoms with Crippen molar-refractivity contribution in [3.05, 3.63) is 64.9 Å². The zero-order chi connectivity index (χ0) is 12.4. The molecule has 0 aliphatic carbocycles. The molecule has 0 spiro atoms. The molecule has 7 nitrogen and oxygen atoms in total. The second-order valence-electron chi connectivity index (χ2n) is 3.76. The number of nitrogens with zero attached hydrogens (tertiary/aromatic N) is 5. The lowest BCUT2D eigenvalue weighted by atomic mass is 10.1. The van der Waals surface area contributed by atoms with Gasteiger partial charge in [-0.3, -0.25) is 0 Å². The molecule has 0 fully saturated rings. The Bertz CT molecular complexity index is 682. The lowest BCUT2D eigenvalue weighted by molar-refractivity contribution is 0.600. The highest BCUT2D eigenvalue weighted by molar-refractivity contribution is 5.18. The highest BCUT2D eigenvalue weighted by Crippen LogP contribution is 2.05. The molecule has 2 heterocycles. The van der Waals surface area contributed by atoms with Crippen LogP contribution in [0.1, 0.15) is 11.4 Å². The van der Waals surface area contributed by atoms with E-state index in [4.69, 9.17) is 0 Å². The Morgan fingerprint density at radius 1 is 1.11 bits per heavy atom. The largest absolute Gasteiger partial charge is 0.363 e. The van der Waals surface area contributed by atoms with Crippen molar-refractivity contribution in [2.45, 2.75) is 6.42 Å². The van der Waals surface area contributed by atoms with Gasteiger partial charge in [0, 0.05) is 6.42 Å². The van der Waals surface area contributed by atoms with E-state index in [0.29, 0.717) is 12.2 Å². The molecule has 3 aromatic rings. The van der Waals surface area contributed by atoms with Gasteiger partial charge in [-0.1, -0.05) is 30.3 Å². The predicted octanol–water partition coefficient (Wildman–Crippen LogP) is 0.0651. The van der Waals surface area contributed by atoms with Gasteiger partial charge in [-0.15, -0.1) is 10.2 Å². The Morgan fingerprint density at radius 2 is 1.83 bits per heavy atom. The molecule has 18 heavy (non-hydrogen) atoms. The first kappa shape index (κ1) is 10.5. The quantitative estimate of drug-likeness (QED) is 0.704. The second-order valence-corrected chi connectivity index (χ2v) is 3.76. The summed E-state index contributed by atoms with van der Waals surface area (Å²) in [6.45, 7) is 0. The van der Waals surface area contributed by atoms with E-state index in [9.17, 15) is 4.79 Å². The van der Waals surface area contributed by atoms with Crippen LogP contribution < -0.4 is 5.69 Å². The van der Waals surface area contributed by atoms with Crippen molar-refractivity contribution in [1.82, 2.24) is 29.7 Å². The van der Waals surface area contributed by atoms with Crippen molar-refractivity contribution in [2.75, 3.05) is 0 Å². The van der Waals surface area contributed by atoms with Gasteiger partial charge >= 0.3 is 5.69 Å². The summed E-state index contributed by atoms with van der Waals surface area (Å²) in [7, 11) is 0. The summed E-state index contributed by atoms with van der Waals surface area (Å²) in [4.78, 5) is 11.7. The third kappa shape index (κ3) is 1.81. The van der Waals surface area contributed by atoms with Gasteiger partial charge in [-0.25, -0.2) is 14.6 Å². The normalized spacial score (nSPS) is 10.7. The summed E-state index contributed by atoms with van der Waals surface area (Å²) in [5, 5.41) is 13.8. The fraction of sp³-hybridized carbons (Fsp3) is 0.0909. The summed E-state index contributed by atoms with van der Waals surface area (Å²) in [6.07, 6.45) is 3.45. The van der Waals surface area contributed by atoms with Crippen LogP contribution in [-0.2, 0) is 6.42 Å². The first-order chi connectivity index (χ1) is 8.84. The average molecular weight is 242 g/mol. The molecule has 0 radical (unpaired) electrons. The van der Waals surface area contributed by atoms with Crippen LogP contribution in [-0.4, -0.2) is 29.7 Å². The third-order valence-corrected chi connectivity index (χ3v) is 2.56. The molecular weight excluding hydrogens is 232 g/mol. The molecule has 0 atom stereocenters. The van der Waals surface area contributed by atoms with Crippen LogP contribution in [0.3, 0.4) is 0 Å². The van der Waals surface area contributed by atoms with Crippen LogP contribution >= 0.6 is 0 Å². The number of rotatable bonds is 3. The van der Waals surface area contributed by atoms with Gasteiger partial charge in [0.1, 0.15) is 12.7 Å². The van der Waals surface area contributed by atoms with Gasteiger partial charge in [-0.2, -0.15) is 9.77 Å². The predicted molar refractivity (Wildman–Crippen MR) is 62.9 cm³/mol. The molecule has 7 heteroatoms. The van der Waals surface area contributed by atoms with Gasteiger partial charge in [0.15, 0.2) is 5.82 Å². The van der Waals surface area contributed by atoms with E-state index in [0.717, 1.165) is 5.56 Å². The molecule has 0 saturated heterocycles. The first-order valence-electron chi connectivity index (χ1n) is 5.40. The molecule has 0 unspecified atom stereocenters. The molecule has 0 aliphatic rings. The van der Waals surface area contributed by atoms with E-state index in [1.807, 2.05) is 30.3 Å². The average Bonchev–Trinajstić information content (AvgIpc) is 3.01. The van der Waals surface area contributed by atoms with E-state index < -0.39 is 0 Å². The summed E-state index contributed by atoms with van der Waals surface area (Å²) >= 11 is 0. The number of nitrogens with one attached hydrogen (secondary N) is 1. The monoisotopic (exact) mass is 242 g/mol. The van der Waals surface area contributed by atoms with Crippen LogP contribution in [0.4, 0.5) is 0 Å². The minimum atomic E-state index is -0.319. The van der Waals surface area contributed by atoms with Crippen LogP contribution in [0.5, 0.6) is 0 Å². The Labute approximate surface area is 102 Å². The number of aromatic amines is 1. The topological polar surface area (TPSA) is 81.4 Å². The van der Waals surface area contributed by atoms with Crippen LogP contribution in [0.25, 0.3) is 0 Å². The lowest BCUT2D eigenvalue weighted by Gasteiger charge is -2.04. The van der Waals surface area contributed by atoms with Gasteiger partial charge < -0.3 is 0 Å². The van der Waals surface area contributed by atoms with Crippen LogP contribution in [0.15, 0.2) is 47.8 Å². The summed E-state index contributed by atoms with van der Waals surface area (Å²) in [5.41, 5.74) is 0.756. The van der Waals surface area contributed by atoms with Crippen LogP contribution in [0, 0.1) is 0 Å². The van der Waals surface area contributed by atoms with E-state index in [-0.39, 0.29) is 5.69 Å². The first-order valence-corrected chi connectivity index (χ1v) is 5.40. The van der Waals surface area contributed by atoms with Crippen molar-refractivity contribution in [3.63, 3.8) is 0 Å². The number of hydrogen-bond acceptors (Lipinski definition) is 4. The minimum Gasteiger partial charge on any atom is -0.244 e. The highest BCUT2D eigenvalue weighted by atomic mass is 16.2. The summed E-state index contributed by atoms with van der Waals surface area (Å²) in [5.74, 6) is 0.603. The lowest BCUT2D eigenvalue weighted by Crippen LogP contribution is -2.24. The standard InChI is InChI=1S/C11H10N6O/c18-11-15-14-10(6-9-4-2-1-3-5-9)17(11)16-7-12-13-8-16/h1-5,7-8H,6H2,(H,15,18). The maximum atomic E-state index is 11.7. The molecule has 3 rings (SSSR count). The zero-order valence-electron chi connectivity index (χ0n) is 9.39. The number of H-pyrrole nitrogens is 1. The maximum Gasteiger partial charge on any atom is 0.363 e. The van der Waals surface area contributed by atoms with Crippen molar-refractivity contribution in [1.29, 1.82) is 0 Å². The molecule has 0 saturated carbocycles. The number of benzene rings is 1. The molecule has 0 aliphatic heterocycles. The fourth-order valence-corrected chi connectivity index (χ4v) is 1.75. The van der Waals surface area contributed by atoms with E-state index in [1.165, 1.54) is 22.0 Å². The number of aromatic nitrogens is 6. The molecule has 2 aromatic heterocycles. The molecular formula is C11H10N6O. The third-order valence-electron chi connectivity index (χ3n) is 2.56. The Hall–Kier alpha value is -2.70. The summed E-state index contributed by atoms with van der Waals surface area (Å²) in [6, 6.07) is 9.80. The Kier molecular flexibility index (Phi) is 2.49. The Morgan fingerprint density at radius 3 is 2.56 bits per heavy atom. The smallest absolute Gasteiger partial charge is 0.244 e. The minimum absolute atomic E-state index is 0.319. The fourth-order valence-electron chi connectivity index (χ4n) is 1.75. The van der Waals surface area contributed by atoms with Crippen molar-refractivity contribution in [2.24, 2.45) is 0 Å². The SMILES string of the molecule is O=c1[nH]nc(Cc2ccccc2)n1-n1cnnc1. The van der Waals surface area contributed by atoms with Gasteiger partial charge in [0.25, 0.3) is 0 Å². The molecule has 90 valence electrons. The zero-order valence-corrected chi connectivity index (χ0v) is 9.39. The van der Waals surface area contributed by atoms with Crippen LogP contribution in [0.2, 0.25) is 0 Å². The van der Waals surface area contributed by atoms with Crippen molar-refractivity contribution >= 4 is 0 Å².